The van der Waals surface area contributed by atoms with Crippen molar-refractivity contribution in [2.75, 3.05) is 5.75 Å². The molecule has 0 radical (unpaired) electrons. The lowest BCUT2D eigenvalue weighted by Crippen LogP contribution is -2.34. The quantitative estimate of drug-likeness (QED) is 0.666. The number of aromatic amines is 1. The van der Waals surface area contributed by atoms with Crippen LogP contribution in [0.25, 0.3) is 11.3 Å². The van der Waals surface area contributed by atoms with E-state index in [1.165, 1.54) is 11.8 Å². The first kappa shape index (κ1) is 15.3. The largest absolute Gasteiger partial charge is 0.325 e. The number of hydrogen-bond acceptors (Lipinski definition) is 5. The molecule has 0 aliphatic carbocycles. The lowest BCUT2D eigenvalue weighted by atomic mass is 10.1. The van der Waals surface area contributed by atoms with Gasteiger partial charge in [-0.25, -0.2) is 4.98 Å². The van der Waals surface area contributed by atoms with Gasteiger partial charge in [-0.05, 0) is 13.8 Å². The lowest BCUT2D eigenvalue weighted by Gasteiger charge is -2.17. The summed E-state index contributed by atoms with van der Waals surface area (Å²) in [4.78, 5) is 19.1. The second-order valence-corrected chi connectivity index (χ2v) is 6.31. The molecular formula is C15H16N4OS. The molecule has 0 aliphatic rings. The standard InChI is InChI=1S/C15H16N4OS/c1-15(2,17)9-21-14-18-12(10-6-4-3-5-7-10)11(8-16)13(20)19-14/h3-7H,9,17H2,1-2H3,(H,18,19,20). The number of H-pyrrole nitrogens is 1. The summed E-state index contributed by atoms with van der Waals surface area (Å²) in [7, 11) is 0. The van der Waals surface area contributed by atoms with Crippen molar-refractivity contribution in [1.29, 1.82) is 5.26 Å². The van der Waals surface area contributed by atoms with Crippen LogP contribution < -0.4 is 11.3 Å². The minimum absolute atomic E-state index is 0.0255. The fraction of sp³-hybridized carbons (Fsp3) is 0.267. The maximum atomic E-state index is 12.0. The summed E-state index contributed by atoms with van der Waals surface area (Å²) in [5.74, 6) is 0.607. The molecule has 0 spiro atoms. The zero-order valence-electron chi connectivity index (χ0n) is 11.9. The van der Waals surface area contributed by atoms with E-state index < -0.39 is 5.56 Å². The number of nitrogens with two attached hydrogens (primary N) is 1. The third kappa shape index (κ3) is 3.94. The maximum absolute atomic E-state index is 12.0. The predicted molar refractivity (Wildman–Crippen MR) is 84.0 cm³/mol. The van der Waals surface area contributed by atoms with Crippen LogP contribution in [0.5, 0.6) is 0 Å². The molecule has 1 heterocycles. The van der Waals surface area contributed by atoms with Crippen LogP contribution in [-0.2, 0) is 0 Å². The highest BCUT2D eigenvalue weighted by atomic mass is 32.2. The van der Waals surface area contributed by atoms with Crippen LogP contribution in [0.1, 0.15) is 19.4 Å². The van der Waals surface area contributed by atoms with Crippen LogP contribution in [0.3, 0.4) is 0 Å². The van der Waals surface area contributed by atoms with Crippen molar-refractivity contribution >= 4 is 11.8 Å². The molecular weight excluding hydrogens is 284 g/mol. The van der Waals surface area contributed by atoms with E-state index >= 15 is 0 Å². The van der Waals surface area contributed by atoms with Gasteiger partial charge in [0.2, 0.25) is 0 Å². The van der Waals surface area contributed by atoms with Gasteiger partial charge in [-0.1, -0.05) is 42.1 Å². The number of aromatic nitrogens is 2. The Labute approximate surface area is 127 Å². The van der Waals surface area contributed by atoms with Crippen molar-refractivity contribution in [2.24, 2.45) is 5.73 Å². The van der Waals surface area contributed by atoms with Gasteiger partial charge in [0.05, 0.1) is 5.69 Å². The lowest BCUT2D eigenvalue weighted by molar-refractivity contribution is 0.590. The third-order valence-electron chi connectivity index (χ3n) is 2.64. The molecule has 3 N–H and O–H groups in total. The van der Waals surface area contributed by atoms with Crippen molar-refractivity contribution in [3.63, 3.8) is 0 Å². The molecule has 0 bridgehead atoms. The van der Waals surface area contributed by atoms with Gasteiger partial charge in [0, 0.05) is 16.9 Å². The van der Waals surface area contributed by atoms with Crippen molar-refractivity contribution in [3.05, 3.63) is 46.2 Å². The number of nitrogens with one attached hydrogen (secondary N) is 1. The molecule has 0 amide bonds. The molecule has 1 aromatic heterocycles. The molecule has 21 heavy (non-hydrogen) atoms. The first-order valence-corrected chi connectivity index (χ1v) is 7.41. The predicted octanol–water partition coefficient (Wildman–Crippen LogP) is 2.14. The zero-order valence-corrected chi connectivity index (χ0v) is 12.7. The topological polar surface area (TPSA) is 95.6 Å². The van der Waals surface area contributed by atoms with Crippen molar-refractivity contribution in [2.45, 2.75) is 24.5 Å². The van der Waals surface area contributed by atoms with E-state index in [1.54, 1.807) is 0 Å². The first-order valence-electron chi connectivity index (χ1n) is 6.42. The normalized spacial score (nSPS) is 11.1. The molecule has 0 saturated heterocycles. The van der Waals surface area contributed by atoms with Crippen molar-refractivity contribution in [1.82, 2.24) is 9.97 Å². The van der Waals surface area contributed by atoms with Gasteiger partial charge in [-0.15, -0.1) is 0 Å². The van der Waals surface area contributed by atoms with E-state index in [-0.39, 0.29) is 11.1 Å². The molecule has 2 rings (SSSR count). The van der Waals surface area contributed by atoms with Gasteiger partial charge < -0.3 is 10.7 Å². The van der Waals surface area contributed by atoms with E-state index in [0.29, 0.717) is 16.6 Å². The summed E-state index contributed by atoms with van der Waals surface area (Å²) in [5.41, 5.74) is 6.31. The number of nitriles is 1. The van der Waals surface area contributed by atoms with Crippen molar-refractivity contribution < 1.29 is 0 Å². The van der Waals surface area contributed by atoms with Crippen molar-refractivity contribution in [3.8, 4) is 17.3 Å². The van der Waals surface area contributed by atoms with Crippen LogP contribution >= 0.6 is 11.8 Å². The molecule has 1 aromatic carbocycles. The Morgan fingerprint density at radius 2 is 2.05 bits per heavy atom. The van der Waals surface area contributed by atoms with Gasteiger partial charge in [0.1, 0.15) is 11.6 Å². The van der Waals surface area contributed by atoms with E-state index in [2.05, 4.69) is 9.97 Å². The molecule has 2 aromatic rings. The minimum atomic E-state index is -0.427. The summed E-state index contributed by atoms with van der Waals surface area (Å²) in [6, 6.07) is 11.1. The summed E-state index contributed by atoms with van der Waals surface area (Å²) in [5, 5.41) is 9.64. The molecule has 6 heteroatoms. The number of hydrogen-bond donors (Lipinski definition) is 2. The van der Waals surface area contributed by atoms with Crippen LogP contribution in [0.15, 0.2) is 40.3 Å². The fourth-order valence-electron chi connectivity index (χ4n) is 1.68. The Kier molecular flexibility index (Phi) is 4.46. The van der Waals surface area contributed by atoms with E-state index in [4.69, 9.17) is 5.73 Å². The minimum Gasteiger partial charge on any atom is -0.325 e. The van der Waals surface area contributed by atoms with E-state index in [0.717, 1.165) is 5.56 Å². The van der Waals surface area contributed by atoms with Crippen LogP contribution in [0, 0.1) is 11.3 Å². The SMILES string of the molecule is CC(C)(N)CSc1nc(-c2ccccc2)c(C#N)c(=O)[nH]1. The first-order chi connectivity index (χ1) is 9.90. The molecule has 0 aliphatic heterocycles. The summed E-state index contributed by atoms with van der Waals surface area (Å²) >= 11 is 1.37. The third-order valence-corrected chi connectivity index (χ3v) is 3.99. The molecule has 0 unspecified atom stereocenters. The molecule has 5 nitrogen and oxygen atoms in total. The molecule has 0 atom stereocenters. The van der Waals surface area contributed by atoms with Gasteiger partial charge in [-0.3, -0.25) is 4.79 Å². The van der Waals surface area contributed by atoms with E-state index in [9.17, 15) is 10.1 Å². The Morgan fingerprint density at radius 1 is 1.38 bits per heavy atom. The van der Waals surface area contributed by atoms with Gasteiger partial charge in [0.15, 0.2) is 5.16 Å². The second-order valence-electron chi connectivity index (χ2n) is 5.35. The average Bonchev–Trinajstić information content (AvgIpc) is 2.44. The maximum Gasteiger partial charge on any atom is 0.270 e. The van der Waals surface area contributed by atoms with Crippen LogP contribution in [-0.4, -0.2) is 21.3 Å². The summed E-state index contributed by atoms with van der Waals surface area (Å²) < 4.78 is 0. The number of nitrogens with zero attached hydrogens (tertiary/aromatic N) is 2. The van der Waals surface area contributed by atoms with Gasteiger partial charge in [-0.2, -0.15) is 5.26 Å². The average molecular weight is 300 g/mol. The highest BCUT2D eigenvalue weighted by Crippen LogP contribution is 2.23. The molecule has 108 valence electrons. The Bertz CT molecular complexity index is 726. The van der Waals surface area contributed by atoms with E-state index in [1.807, 2.05) is 50.2 Å². The Hall–Kier alpha value is -2.10. The summed E-state index contributed by atoms with van der Waals surface area (Å²) in [6.07, 6.45) is 0. The highest BCUT2D eigenvalue weighted by molar-refractivity contribution is 7.99. The second kappa shape index (κ2) is 6.12. The highest BCUT2D eigenvalue weighted by Gasteiger charge is 2.16. The van der Waals surface area contributed by atoms with Crippen LogP contribution in [0.2, 0.25) is 0 Å². The zero-order chi connectivity index (χ0) is 15.5. The Morgan fingerprint density at radius 3 is 2.62 bits per heavy atom. The van der Waals surface area contributed by atoms with Gasteiger partial charge >= 0.3 is 0 Å². The monoisotopic (exact) mass is 300 g/mol. The fourth-order valence-corrected chi connectivity index (χ4v) is 2.51. The molecule has 0 fully saturated rings. The Balaban J connectivity index is 2.46. The summed E-state index contributed by atoms with van der Waals surface area (Å²) in [6.45, 7) is 3.81. The number of thioether (sulfide) groups is 1. The number of benzene rings is 1. The molecule has 0 saturated carbocycles. The number of rotatable bonds is 4. The van der Waals surface area contributed by atoms with Gasteiger partial charge in [0.25, 0.3) is 5.56 Å². The van der Waals surface area contributed by atoms with Crippen LogP contribution in [0.4, 0.5) is 0 Å². The smallest absolute Gasteiger partial charge is 0.270 e.